The molecule has 35 heavy (non-hydrogen) atoms. The van der Waals surface area contributed by atoms with E-state index in [4.69, 9.17) is 9.47 Å². The highest BCUT2D eigenvalue weighted by Crippen LogP contribution is 2.44. The van der Waals surface area contributed by atoms with Gasteiger partial charge in [0.2, 0.25) is 5.91 Å². The molecule has 0 heterocycles. The number of carbonyl (C=O) groups is 3. The number of rotatable bonds is 10. The predicted molar refractivity (Wildman–Crippen MR) is 130 cm³/mol. The maximum atomic E-state index is 12.9. The van der Waals surface area contributed by atoms with Crippen molar-refractivity contribution in [3.63, 3.8) is 0 Å². The van der Waals surface area contributed by atoms with Gasteiger partial charge in [0, 0.05) is 32.5 Å². The van der Waals surface area contributed by atoms with Crippen LogP contribution in [0, 0.1) is 0 Å². The van der Waals surface area contributed by atoms with Crippen molar-refractivity contribution in [2.75, 3.05) is 20.3 Å². The summed E-state index contributed by atoms with van der Waals surface area (Å²) in [5.74, 6) is -1.57. The van der Waals surface area contributed by atoms with E-state index in [1.807, 2.05) is 24.3 Å². The average Bonchev–Trinajstić information content (AvgIpc) is 3.42. The lowest BCUT2D eigenvalue weighted by atomic mass is 9.92. The van der Waals surface area contributed by atoms with E-state index >= 15 is 0 Å². The van der Waals surface area contributed by atoms with E-state index in [1.165, 1.54) is 7.11 Å². The molecule has 2 aliphatic rings. The Kier molecular flexibility index (Phi) is 7.70. The summed E-state index contributed by atoms with van der Waals surface area (Å²) in [7, 11) is 1.48. The molecule has 2 amide bonds. The van der Waals surface area contributed by atoms with Crippen LogP contribution in [0.4, 0.5) is 4.79 Å². The first-order valence-corrected chi connectivity index (χ1v) is 12.1. The fourth-order valence-corrected chi connectivity index (χ4v) is 5.29. The number of fused-ring (bicyclic) bond motifs is 3. The molecule has 1 unspecified atom stereocenters. The van der Waals surface area contributed by atoms with Crippen molar-refractivity contribution in [3.8, 4) is 11.1 Å². The second kappa shape index (κ2) is 10.9. The van der Waals surface area contributed by atoms with E-state index in [9.17, 15) is 19.5 Å². The molecule has 8 heteroatoms. The minimum Gasteiger partial charge on any atom is -0.480 e. The number of amides is 2. The summed E-state index contributed by atoms with van der Waals surface area (Å²) in [6.07, 6.45) is 2.65. The largest absolute Gasteiger partial charge is 0.480 e. The number of ether oxygens (including phenoxy) is 2. The van der Waals surface area contributed by atoms with Gasteiger partial charge in [-0.25, -0.2) is 9.59 Å². The fraction of sp³-hybridized carbons (Fsp3) is 0.444. The van der Waals surface area contributed by atoms with Gasteiger partial charge in [0.15, 0.2) is 0 Å². The Bertz CT molecular complexity index is 1030. The number of benzene rings is 2. The summed E-state index contributed by atoms with van der Waals surface area (Å²) in [5, 5.41) is 14.9. The highest BCUT2D eigenvalue weighted by atomic mass is 16.5. The molecule has 0 aliphatic heterocycles. The second-order valence-electron chi connectivity index (χ2n) is 9.35. The lowest BCUT2D eigenvalue weighted by Gasteiger charge is -2.30. The number of carboxylic acid groups (broad SMARTS) is 1. The standard InChI is InChI=1S/C27H32N2O6/c1-34-15-12-23(25(31)32)28-24(30)16-27(13-6-7-14-27)29-26(33)35-17-22-20-10-4-2-8-18(20)19-9-3-5-11-21(19)22/h2-5,8-11,22-23H,6-7,12-17H2,1H3,(H,28,30)(H,29,33)(H,31,32). The van der Waals surface area contributed by atoms with Gasteiger partial charge in [-0.1, -0.05) is 61.4 Å². The summed E-state index contributed by atoms with van der Waals surface area (Å²) in [6, 6.07) is 15.2. The van der Waals surface area contributed by atoms with Crippen molar-refractivity contribution in [3.05, 3.63) is 59.7 Å². The van der Waals surface area contributed by atoms with E-state index in [-0.39, 0.29) is 32.0 Å². The highest BCUT2D eigenvalue weighted by molar-refractivity contribution is 5.85. The minimum absolute atomic E-state index is 0.00789. The van der Waals surface area contributed by atoms with Gasteiger partial charge >= 0.3 is 12.1 Å². The predicted octanol–water partition coefficient (Wildman–Crippen LogP) is 3.83. The normalized spacial score (nSPS) is 16.7. The molecule has 0 radical (unpaired) electrons. The van der Waals surface area contributed by atoms with Crippen molar-refractivity contribution < 1.29 is 29.0 Å². The van der Waals surface area contributed by atoms with Crippen molar-refractivity contribution in [1.82, 2.24) is 10.6 Å². The zero-order valence-corrected chi connectivity index (χ0v) is 19.9. The van der Waals surface area contributed by atoms with Gasteiger partial charge in [0.1, 0.15) is 12.6 Å². The van der Waals surface area contributed by atoms with Crippen LogP contribution in [0.3, 0.4) is 0 Å². The van der Waals surface area contributed by atoms with Crippen LogP contribution in [-0.4, -0.2) is 55.0 Å². The molecule has 0 bridgehead atoms. The molecule has 1 saturated carbocycles. The third-order valence-corrected chi connectivity index (χ3v) is 7.01. The maximum absolute atomic E-state index is 12.9. The molecule has 2 aromatic rings. The molecule has 4 rings (SSSR count). The lowest BCUT2D eigenvalue weighted by molar-refractivity contribution is -0.142. The van der Waals surface area contributed by atoms with Gasteiger partial charge < -0.3 is 25.2 Å². The van der Waals surface area contributed by atoms with Gasteiger partial charge in [0.05, 0.1) is 5.54 Å². The molecule has 1 atom stereocenters. The molecule has 2 aromatic carbocycles. The molecule has 2 aliphatic carbocycles. The highest BCUT2D eigenvalue weighted by Gasteiger charge is 2.39. The van der Waals surface area contributed by atoms with Gasteiger partial charge in [-0.3, -0.25) is 4.79 Å². The number of hydrogen-bond acceptors (Lipinski definition) is 5. The lowest BCUT2D eigenvalue weighted by Crippen LogP contribution is -2.51. The van der Waals surface area contributed by atoms with Crippen LogP contribution in [0.1, 0.15) is 55.6 Å². The third kappa shape index (κ3) is 5.65. The van der Waals surface area contributed by atoms with Gasteiger partial charge in [-0.2, -0.15) is 0 Å². The Morgan fingerprint density at radius 1 is 1.03 bits per heavy atom. The average molecular weight is 481 g/mol. The van der Waals surface area contributed by atoms with Crippen molar-refractivity contribution in [2.24, 2.45) is 0 Å². The van der Waals surface area contributed by atoms with Gasteiger partial charge in [-0.15, -0.1) is 0 Å². The first-order valence-electron chi connectivity index (χ1n) is 12.1. The SMILES string of the molecule is COCCC(NC(=O)CC1(NC(=O)OCC2c3ccccc3-c3ccccc32)CCCC1)C(=O)O. The Balaban J connectivity index is 1.38. The summed E-state index contributed by atoms with van der Waals surface area (Å²) in [6.45, 7) is 0.417. The smallest absolute Gasteiger partial charge is 0.407 e. The maximum Gasteiger partial charge on any atom is 0.407 e. The molecule has 186 valence electrons. The summed E-state index contributed by atoms with van der Waals surface area (Å²) in [4.78, 5) is 37.0. The van der Waals surface area contributed by atoms with Crippen molar-refractivity contribution in [2.45, 2.75) is 56.0 Å². The van der Waals surface area contributed by atoms with E-state index in [1.54, 1.807) is 0 Å². The molecule has 0 aromatic heterocycles. The monoisotopic (exact) mass is 480 g/mol. The Hall–Kier alpha value is -3.39. The molecule has 8 nitrogen and oxygen atoms in total. The number of alkyl carbamates (subject to hydrolysis) is 1. The van der Waals surface area contributed by atoms with Crippen LogP contribution in [0.25, 0.3) is 11.1 Å². The molecule has 3 N–H and O–H groups in total. The zero-order valence-electron chi connectivity index (χ0n) is 19.9. The van der Waals surface area contributed by atoms with E-state index < -0.39 is 29.6 Å². The van der Waals surface area contributed by atoms with Crippen LogP contribution in [0.5, 0.6) is 0 Å². The Morgan fingerprint density at radius 3 is 2.20 bits per heavy atom. The number of carbonyl (C=O) groups excluding carboxylic acids is 2. The third-order valence-electron chi connectivity index (χ3n) is 7.01. The number of methoxy groups -OCH3 is 1. The Labute approximate surface area is 205 Å². The summed E-state index contributed by atoms with van der Waals surface area (Å²) < 4.78 is 10.6. The zero-order chi connectivity index (χ0) is 24.8. The van der Waals surface area contributed by atoms with Crippen LogP contribution in [-0.2, 0) is 19.1 Å². The molecular weight excluding hydrogens is 448 g/mol. The number of aliphatic carboxylic acids is 1. The molecule has 0 saturated heterocycles. The minimum atomic E-state index is -1.11. The molecule has 1 fully saturated rings. The first-order chi connectivity index (χ1) is 16.9. The van der Waals surface area contributed by atoms with Crippen LogP contribution >= 0.6 is 0 Å². The van der Waals surface area contributed by atoms with E-state index in [0.717, 1.165) is 35.1 Å². The van der Waals surface area contributed by atoms with E-state index in [0.29, 0.717) is 12.8 Å². The first kappa shape index (κ1) is 24.7. The molecular formula is C27H32N2O6. The molecule has 0 spiro atoms. The van der Waals surface area contributed by atoms with Crippen LogP contribution in [0.15, 0.2) is 48.5 Å². The number of nitrogens with one attached hydrogen (secondary N) is 2. The van der Waals surface area contributed by atoms with Gasteiger partial charge in [-0.05, 0) is 35.1 Å². The Morgan fingerprint density at radius 2 is 1.63 bits per heavy atom. The topological polar surface area (TPSA) is 114 Å². The van der Waals surface area contributed by atoms with Crippen molar-refractivity contribution in [1.29, 1.82) is 0 Å². The second-order valence-corrected chi connectivity index (χ2v) is 9.35. The van der Waals surface area contributed by atoms with Crippen LogP contribution < -0.4 is 10.6 Å². The van der Waals surface area contributed by atoms with Crippen LogP contribution in [0.2, 0.25) is 0 Å². The summed E-state index contributed by atoms with van der Waals surface area (Å²) in [5.41, 5.74) is 3.83. The quantitative estimate of drug-likeness (QED) is 0.476. The van der Waals surface area contributed by atoms with E-state index in [2.05, 4.69) is 34.9 Å². The number of carboxylic acids is 1. The van der Waals surface area contributed by atoms with Gasteiger partial charge in [0.25, 0.3) is 0 Å². The van der Waals surface area contributed by atoms with Crippen molar-refractivity contribution >= 4 is 18.0 Å². The summed E-state index contributed by atoms with van der Waals surface area (Å²) >= 11 is 0. The fourth-order valence-electron chi connectivity index (χ4n) is 5.29. The number of hydrogen-bond donors (Lipinski definition) is 3.